The van der Waals surface area contributed by atoms with E-state index in [1.165, 1.54) is 17.2 Å². The summed E-state index contributed by atoms with van der Waals surface area (Å²) in [4.78, 5) is 56.8. The van der Waals surface area contributed by atoms with Crippen LogP contribution in [0.5, 0.6) is 0 Å². The fraction of sp³-hybridized carbons (Fsp3) is 0.250. The quantitative estimate of drug-likeness (QED) is 0.491. The summed E-state index contributed by atoms with van der Waals surface area (Å²) < 4.78 is 4.93. The number of para-hydroxylation sites is 1. The van der Waals surface area contributed by atoms with Gasteiger partial charge in [0.2, 0.25) is 11.8 Å². The van der Waals surface area contributed by atoms with E-state index in [-0.39, 0.29) is 36.9 Å². The molecule has 156 valence electrons. The first-order chi connectivity index (χ1) is 14.5. The molecule has 3 N–H and O–H groups in total. The van der Waals surface area contributed by atoms with Gasteiger partial charge in [0.05, 0.1) is 36.8 Å². The van der Waals surface area contributed by atoms with Crippen molar-refractivity contribution in [3.05, 3.63) is 64.6 Å². The highest BCUT2D eigenvalue weighted by Crippen LogP contribution is 2.07. The minimum absolute atomic E-state index is 0.0907. The summed E-state index contributed by atoms with van der Waals surface area (Å²) in [5.74, 6) is -0.947. The topological polar surface area (TPSA) is 137 Å². The number of nitrogens with zero attached hydrogens (tertiary/aromatic N) is 2. The smallest absolute Gasteiger partial charge is 0.287 e. The van der Waals surface area contributed by atoms with E-state index in [2.05, 4.69) is 20.6 Å². The zero-order valence-electron chi connectivity index (χ0n) is 16.3. The van der Waals surface area contributed by atoms with Gasteiger partial charge in [-0.3, -0.25) is 19.2 Å². The number of rotatable bonds is 8. The van der Waals surface area contributed by atoms with Crippen molar-refractivity contribution in [3.63, 3.8) is 0 Å². The third kappa shape index (κ3) is 5.10. The highest BCUT2D eigenvalue weighted by Gasteiger charge is 2.16. The summed E-state index contributed by atoms with van der Waals surface area (Å²) in [6.07, 6.45) is 1.35. The van der Waals surface area contributed by atoms with Crippen LogP contribution in [-0.2, 0) is 16.1 Å². The van der Waals surface area contributed by atoms with Crippen LogP contribution in [0.1, 0.15) is 23.3 Å². The van der Waals surface area contributed by atoms with Gasteiger partial charge in [-0.1, -0.05) is 12.1 Å². The van der Waals surface area contributed by atoms with Gasteiger partial charge in [0.25, 0.3) is 11.5 Å². The Kier molecular flexibility index (Phi) is 6.58. The van der Waals surface area contributed by atoms with Gasteiger partial charge >= 0.3 is 0 Å². The molecule has 1 aromatic carbocycles. The van der Waals surface area contributed by atoms with Gasteiger partial charge in [-0.25, -0.2) is 4.98 Å². The molecule has 2 heterocycles. The van der Waals surface area contributed by atoms with E-state index in [1.54, 1.807) is 37.3 Å². The molecular weight excluding hydrogens is 390 g/mol. The van der Waals surface area contributed by atoms with Gasteiger partial charge in [-0.2, -0.15) is 0 Å². The van der Waals surface area contributed by atoms with E-state index >= 15 is 0 Å². The number of aromatic amines is 1. The van der Waals surface area contributed by atoms with Crippen molar-refractivity contribution in [1.29, 1.82) is 0 Å². The molecule has 0 saturated carbocycles. The van der Waals surface area contributed by atoms with Crippen molar-refractivity contribution in [3.8, 4) is 0 Å². The van der Waals surface area contributed by atoms with Crippen molar-refractivity contribution < 1.29 is 18.8 Å². The minimum atomic E-state index is -0.525. The molecule has 30 heavy (non-hydrogen) atoms. The van der Waals surface area contributed by atoms with Gasteiger partial charge in [-0.15, -0.1) is 0 Å². The predicted molar refractivity (Wildman–Crippen MR) is 108 cm³/mol. The average Bonchev–Trinajstić information content (AvgIpc) is 3.29. The van der Waals surface area contributed by atoms with Crippen LogP contribution in [0.4, 0.5) is 0 Å². The maximum Gasteiger partial charge on any atom is 0.287 e. The molecule has 3 rings (SSSR count). The number of aromatic nitrogens is 2. The molecule has 0 fully saturated rings. The number of furan rings is 1. The highest BCUT2D eigenvalue weighted by atomic mass is 16.3. The monoisotopic (exact) mass is 411 g/mol. The van der Waals surface area contributed by atoms with Gasteiger partial charge in [0.1, 0.15) is 5.82 Å². The number of benzene rings is 1. The highest BCUT2D eigenvalue weighted by molar-refractivity contribution is 5.94. The molecule has 0 unspecified atom stereocenters. The number of carbonyl (C=O) groups is 3. The van der Waals surface area contributed by atoms with Crippen LogP contribution in [0, 0.1) is 0 Å². The van der Waals surface area contributed by atoms with Crippen LogP contribution >= 0.6 is 0 Å². The van der Waals surface area contributed by atoms with Gasteiger partial charge in [0, 0.05) is 6.54 Å². The molecule has 0 spiro atoms. The number of amides is 3. The van der Waals surface area contributed by atoms with Crippen molar-refractivity contribution in [2.75, 3.05) is 19.6 Å². The van der Waals surface area contributed by atoms with E-state index < -0.39 is 11.8 Å². The lowest BCUT2D eigenvalue weighted by atomic mass is 10.2. The van der Waals surface area contributed by atoms with E-state index in [4.69, 9.17) is 4.42 Å². The molecule has 3 aromatic rings. The molecule has 0 aliphatic rings. The molecule has 0 bridgehead atoms. The lowest BCUT2D eigenvalue weighted by Crippen LogP contribution is -2.43. The summed E-state index contributed by atoms with van der Waals surface area (Å²) in [5.41, 5.74) is 0.264. The fourth-order valence-electron chi connectivity index (χ4n) is 2.77. The standard InChI is InChI=1S/C20H21N5O5/c1-2-25(12-16-23-14-7-4-3-6-13(14)19(28)24-16)18(27)11-21-17(26)10-22-20(29)15-8-5-9-30-15/h3-9H,2,10-12H2,1H3,(H,21,26)(H,22,29)(H,23,24,28). The SMILES string of the molecule is CCN(Cc1nc2ccccc2c(=O)[nH]1)C(=O)CNC(=O)CNC(=O)c1ccco1. The second-order valence-electron chi connectivity index (χ2n) is 6.37. The molecule has 3 amide bonds. The van der Waals surface area contributed by atoms with Gasteiger partial charge in [0.15, 0.2) is 5.76 Å². The molecule has 0 aliphatic carbocycles. The number of hydrogen-bond acceptors (Lipinski definition) is 6. The molecule has 10 heteroatoms. The first kappa shape index (κ1) is 20.8. The zero-order valence-corrected chi connectivity index (χ0v) is 16.3. The number of nitrogens with one attached hydrogen (secondary N) is 3. The summed E-state index contributed by atoms with van der Waals surface area (Å²) in [7, 11) is 0. The van der Waals surface area contributed by atoms with E-state index in [0.29, 0.717) is 23.3 Å². The molecule has 0 saturated heterocycles. The lowest BCUT2D eigenvalue weighted by molar-refractivity contribution is -0.133. The van der Waals surface area contributed by atoms with Crippen LogP contribution in [-0.4, -0.2) is 52.2 Å². The number of H-pyrrole nitrogens is 1. The molecule has 10 nitrogen and oxygen atoms in total. The maximum absolute atomic E-state index is 12.4. The first-order valence-electron chi connectivity index (χ1n) is 9.32. The molecule has 2 aromatic heterocycles. The third-order valence-corrected chi connectivity index (χ3v) is 4.33. The second-order valence-corrected chi connectivity index (χ2v) is 6.37. The number of hydrogen-bond donors (Lipinski definition) is 3. The number of likely N-dealkylation sites (N-methyl/N-ethyl adjacent to an activating group) is 1. The molecular formula is C20H21N5O5. The normalized spacial score (nSPS) is 10.6. The summed E-state index contributed by atoms with van der Waals surface area (Å²) in [6.45, 7) is 1.70. The van der Waals surface area contributed by atoms with E-state index in [0.717, 1.165) is 0 Å². The zero-order chi connectivity index (χ0) is 21.5. The van der Waals surface area contributed by atoms with Crippen molar-refractivity contribution in [1.82, 2.24) is 25.5 Å². The van der Waals surface area contributed by atoms with Crippen molar-refractivity contribution in [2.45, 2.75) is 13.5 Å². The maximum atomic E-state index is 12.4. The third-order valence-electron chi connectivity index (χ3n) is 4.33. The fourth-order valence-corrected chi connectivity index (χ4v) is 2.77. The van der Waals surface area contributed by atoms with Crippen molar-refractivity contribution in [2.24, 2.45) is 0 Å². The largest absolute Gasteiger partial charge is 0.459 e. The van der Waals surface area contributed by atoms with Crippen LogP contribution < -0.4 is 16.2 Å². The Bertz CT molecular complexity index is 1110. The van der Waals surface area contributed by atoms with E-state index in [9.17, 15) is 19.2 Å². The Balaban J connectivity index is 1.53. The predicted octanol–water partition coefficient (Wildman–Crippen LogP) is 0.411. The van der Waals surface area contributed by atoms with Gasteiger partial charge in [-0.05, 0) is 31.2 Å². The second kappa shape index (κ2) is 9.50. The Hall–Kier alpha value is -3.95. The lowest BCUT2D eigenvalue weighted by Gasteiger charge is -2.20. The minimum Gasteiger partial charge on any atom is -0.459 e. The Morgan fingerprint density at radius 1 is 1.10 bits per heavy atom. The van der Waals surface area contributed by atoms with Crippen LogP contribution in [0.3, 0.4) is 0 Å². The van der Waals surface area contributed by atoms with Crippen LogP contribution in [0.25, 0.3) is 10.9 Å². The molecule has 0 aliphatic heterocycles. The summed E-state index contributed by atoms with van der Waals surface area (Å²) >= 11 is 0. The van der Waals surface area contributed by atoms with Gasteiger partial charge < -0.3 is 24.9 Å². The number of carbonyl (C=O) groups excluding carboxylic acids is 3. The Labute approximate surface area is 171 Å². The molecule has 0 radical (unpaired) electrons. The Morgan fingerprint density at radius 3 is 2.63 bits per heavy atom. The van der Waals surface area contributed by atoms with E-state index in [1.807, 2.05) is 0 Å². The molecule has 0 atom stereocenters. The average molecular weight is 411 g/mol. The summed E-state index contributed by atoms with van der Waals surface area (Å²) in [6, 6.07) is 9.96. The first-order valence-corrected chi connectivity index (χ1v) is 9.32. The van der Waals surface area contributed by atoms with Crippen LogP contribution in [0.15, 0.2) is 51.9 Å². The number of fused-ring (bicyclic) bond motifs is 1. The van der Waals surface area contributed by atoms with Crippen LogP contribution in [0.2, 0.25) is 0 Å². The van der Waals surface area contributed by atoms with Crippen molar-refractivity contribution >= 4 is 28.6 Å². The Morgan fingerprint density at radius 2 is 1.90 bits per heavy atom. The summed E-state index contributed by atoms with van der Waals surface area (Å²) in [5, 5.41) is 5.32.